The van der Waals surface area contributed by atoms with Gasteiger partial charge in [-0.3, -0.25) is 0 Å². The van der Waals surface area contributed by atoms with Crippen LogP contribution in [-0.2, 0) is 0 Å². The Morgan fingerprint density at radius 3 is 2.39 bits per heavy atom. The van der Waals surface area contributed by atoms with Gasteiger partial charge in [-0.15, -0.1) is 0 Å². The predicted octanol–water partition coefficient (Wildman–Crippen LogP) is 2.19. The summed E-state index contributed by atoms with van der Waals surface area (Å²) in [6.07, 6.45) is 2.56. The van der Waals surface area contributed by atoms with Crippen LogP contribution in [-0.4, -0.2) is 31.2 Å². The minimum absolute atomic E-state index is 0.110. The van der Waals surface area contributed by atoms with Gasteiger partial charge in [-0.25, -0.2) is 4.98 Å². The molecule has 102 valence electrons. The third kappa shape index (κ3) is 3.84. The predicted molar refractivity (Wildman–Crippen MR) is 71.0 cm³/mol. The Morgan fingerprint density at radius 1 is 1.28 bits per heavy atom. The number of hydrogen-bond donors (Lipinski definition) is 1. The Bertz CT molecular complexity index is 388. The van der Waals surface area contributed by atoms with Crippen molar-refractivity contribution < 1.29 is 9.47 Å². The van der Waals surface area contributed by atoms with E-state index in [0.717, 1.165) is 12.1 Å². The van der Waals surface area contributed by atoms with Crippen molar-refractivity contribution in [3.05, 3.63) is 11.9 Å². The van der Waals surface area contributed by atoms with Gasteiger partial charge in [0.05, 0.1) is 26.5 Å². The van der Waals surface area contributed by atoms with Crippen LogP contribution in [0.2, 0.25) is 0 Å². The first kappa shape index (κ1) is 14.7. The van der Waals surface area contributed by atoms with E-state index >= 15 is 0 Å². The zero-order valence-electron chi connectivity index (χ0n) is 12.1. The van der Waals surface area contributed by atoms with Gasteiger partial charge in [-0.2, -0.15) is 4.98 Å². The lowest BCUT2D eigenvalue weighted by Crippen LogP contribution is -2.24. The summed E-state index contributed by atoms with van der Waals surface area (Å²) in [5, 5.41) is 3.26. The molecule has 5 nitrogen and oxygen atoms in total. The number of hydrogen-bond acceptors (Lipinski definition) is 5. The normalized spacial score (nSPS) is 13.2. The number of aromatic nitrogens is 2. The van der Waals surface area contributed by atoms with Crippen LogP contribution < -0.4 is 14.8 Å². The summed E-state index contributed by atoms with van der Waals surface area (Å²) >= 11 is 0. The van der Waals surface area contributed by atoms with Crippen molar-refractivity contribution in [2.45, 2.75) is 33.2 Å². The van der Waals surface area contributed by atoms with Crippen LogP contribution in [0.5, 0.6) is 11.8 Å². The second-order valence-corrected chi connectivity index (χ2v) is 5.41. The standard InChI is InChI=1S/C13H23N3O2/c1-13(2,3)7-9(14-4)11-12(18-6)16-10(17-5)8-15-11/h8-9,14H,7H2,1-6H3. The van der Waals surface area contributed by atoms with Crippen molar-refractivity contribution in [3.63, 3.8) is 0 Å². The summed E-state index contributed by atoms with van der Waals surface area (Å²) in [5.74, 6) is 0.971. The fourth-order valence-corrected chi connectivity index (χ4v) is 1.80. The van der Waals surface area contributed by atoms with Gasteiger partial charge < -0.3 is 14.8 Å². The van der Waals surface area contributed by atoms with Gasteiger partial charge in [0, 0.05) is 0 Å². The molecule has 0 amide bonds. The smallest absolute Gasteiger partial charge is 0.240 e. The Hall–Kier alpha value is -1.36. The van der Waals surface area contributed by atoms with E-state index in [-0.39, 0.29) is 11.5 Å². The molecule has 1 atom stereocenters. The zero-order valence-corrected chi connectivity index (χ0v) is 12.1. The van der Waals surface area contributed by atoms with Crippen LogP contribution >= 0.6 is 0 Å². The van der Waals surface area contributed by atoms with Crippen molar-refractivity contribution in [2.24, 2.45) is 5.41 Å². The average Bonchev–Trinajstić information content (AvgIpc) is 2.34. The SMILES string of the molecule is CNC(CC(C)(C)C)c1ncc(OC)nc1OC. The zero-order chi connectivity index (χ0) is 13.8. The highest BCUT2D eigenvalue weighted by molar-refractivity contribution is 5.25. The summed E-state index contributed by atoms with van der Waals surface area (Å²) in [5.41, 5.74) is 1.01. The third-order valence-corrected chi connectivity index (χ3v) is 2.64. The molecule has 0 saturated heterocycles. The summed E-state index contributed by atoms with van der Waals surface area (Å²) in [4.78, 5) is 8.66. The first-order valence-corrected chi connectivity index (χ1v) is 6.03. The first-order valence-electron chi connectivity index (χ1n) is 6.03. The maximum atomic E-state index is 5.29. The van der Waals surface area contributed by atoms with Crippen LogP contribution in [0.25, 0.3) is 0 Å². The van der Waals surface area contributed by atoms with Gasteiger partial charge in [0.2, 0.25) is 11.8 Å². The van der Waals surface area contributed by atoms with Gasteiger partial charge in [0.1, 0.15) is 5.69 Å². The second-order valence-electron chi connectivity index (χ2n) is 5.41. The van der Waals surface area contributed by atoms with E-state index in [9.17, 15) is 0 Å². The Kier molecular flexibility index (Phi) is 4.90. The molecule has 0 aliphatic carbocycles. The Morgan fingerprint density at radius 2 is 1.94 bits per heavy atom. The molecule has 1 unspecified atom stereocenters. The summed E-state index contributed by atoms with van der Waals surface area (Å²) in [6, 6.07) is 0.110. The fourth-order valence-electron chi connectivity index (χ4n) is 1.80. The maximum Gasteiger partial charge on any atom is 0.240 e. The monoisotopic (exact) mass is 253 g/mol. The minimum Gasteiger partial charge on any atom is -0.480 e. The number of ether oxygens (including phenoxy) is 2. The third-order valence-electron chi connectivity index (χ3n) is 2.64. The lowest BCUT2D eigenvalue weighted by molar-refractivity contribution is 0.302. The van der Waals surface area contributed by atoms with Crippen molar-refractivity contribution >= 4 is 0 Å². The topological polar surface area (TPSA) is 56.3 Å². The van der Waals surface area contributed by atoms with Gasteiger partial charge in [0.25, 0.3) is 0 Å². The van der Waals surface area contributed by atoms with Crippen molar-refractivity contribution in [3.8, 4) is 11.8 Å². The molecule has 0 aromatic carbocycles. The lowest BCUT2D eigenvalue weighted by atomic mass is 9.87. The largest absolute Gasteiger partial charge is 0.480 e. The van der Waals surface area contributed by atoms with E-state index in [2.05, 4.69) is 36.1 Å². The van der Waals surface area contributed by atoms with E-state index in [1.54, 1.807) is 20.4 Å². The molecule has 1 aromatic heterocycles. The van der Waals surface area contributed by atoms with Crippen molar-refractivity contribution in [2.75, 3.05) is 21.3 Å². The van der Waals surface area contributed by atoms with Crippen LogP contribution in [0, 0.1) is 5.41 Å². The van der Waals surface area contributed by atoms with E-state index in [1.165, 1.54) is 0 Å². The van der Waals surface area contributed by atoms with Crippen LogP contribution in [0.15, 0.2) is 6.20 Å². The summed E-state index contributed by atoms with van der Waals surface area (Å²) in [6.45, 7) is 6.59. The molecule has 0 saturated carbocycles. The quantitative estimate of drug-likeness (QED) is 0.871. The molecule has 1 aromatic rings. The highest BCUT2D eigenvalue weighted by Gasteiger charge is 2.24. The number of nitrogens with zero attached hydrogens (tertiary/aromatic N) is 2. The lowest BCUT2D eigenvalue weighted by Gasteiger charge is -2.26. The Balaban J connectivity index is 3.05. The molecule has 1 N–H and O–H groups in total. The maximum absolute atomic E-state index is 5.29. The highest BCUT2D eigenvalue weighted by Crippen LogP contribution is 2.32. The van der Waals surface area contributed by atoms with Crippen LogP contribution in [0.3, 0.4) is 0 Å². The summed E-state index contributed by atoms with van der Waals surface area (Å²) in [7, 11) is 5.08. The van der Waals surface area contributed by atoms with Gasteiger partial charge in [-0.1, -0.05) is 20.8 Å². The molecule has 0 radical (unpaired) electrons. The fraction of sp³-hybridized carbons (Fsp3) is 0.692. The van der Waals surface area contributed by atoms with Crippen LogP contribution in [0.4, 0.5) is 0 Å². The molecular weight excluding hydrogens is 230 g/mol. The van der Waals surface area contributed by atoms with E-state index < -0.39 is 0 Å². The number of nitrogens with one attached hydrogen (secondary N) is 1. The van der Waals surface area contributed by atoms with Crippen molar-refractivity contribution in [1.29, 1.82) is 0 Å². The number of methoxy groups -OCH3 is 2. The van der Waals surface area contributed by atoms with Gasteiger partial charge in [0.15, 0.2) is 0 Å². The number of rotatable bonds is 5. The molecule has 0 aliphatic heterocycles. The first-order chi connectivity index (χ1) is 8.41. The molecule has 0 fully saturated rings. The van der Waals surface area contributed by atoms with E-state index in [0.29, 0.717) is 11.8 Å². The molecule has 1 heterocycles. The highest BCUT2D eigenvalue weighted by atomic mass is 16.5. The van der Waals surface area contributed by atoms with E-state index in [4.69, 9.17) is 9.47 Å². The minimum atomic E-state index is 0.110. The molecular formula is C13H23N3O2. The van der Waals surface area contributed by atoms with Gasteiger partial charge >= 0.3 is 0 Å². The van der Waals surface area contributed by atoms with Crippen LogP contribution in [0.1, 0.15) is 38.9 Å². The van der Waals surface area contributed by atoms with Gasteiger partial charge in [-0.05, 0) is 18.9 Å². The second kappa shape index (κ2) is 6.00. The molecule has 0 bridgehead atoms. The molecule has 0 aliphatic rings. The van der Waals surface area contributed by atoms with E-state index in [1.807, 2.05) is 7.05 Å². The molecule has 18 heavy (non-hydrogen) atoms. The molecule has 5 heteroatoms. The Labute approximate surface area is 109 Å². The molecule has 0 spiro atoms. The average molecular weight is 253 g/mol. The van der Waals surface area contributed by atoms with Crippen molar-refractivity contribution in [1.82, 2.24) is 15.3 Å². The molecule has 1 rings (SSSR count). The summed E-state index contributed by atoms with van der Waals surface area (Å²) < 4.78 is 10.3.